The number of ether oxygens (including phenoxy) is 1. The second kappa shape index (κ2) is 10.6. The third kappa shape index (κ3) is 6.39. The van der Waals surface area contributed by atoms with Crippen LogP contribution in [0.4, 0.5) is 10.6 Å². The third-order valence-corrected chi connectivity index (χ3v) is 6.80. The Kier molecular flexibility index (Phi) is 7.58. The minimum atomic E-state index is -0.306. The smallest absolute Gasteiger partial charge is 0.407 e. The van der Waals surface area contributed by atoms with Gasteiger partial charge in [-0.05, 0) is 58.4 Å². The van der Waals surface area contributed by atoms with Gasteiger partial charge in [0.05, 0.1) is 11.2 Å². The number of amides is 2. The lowest BCUT2D eigenvalue weighted by Crippen LogP contribution is -2.38. The number of anilines is 1. The molecule has 0 atom stereocenters. The van der Waals surface area contributed by atoms with Gasteiger partial charge < -0.3 is 15.4 Å². The number of carbonyl (C=O) groups excluding carboxylic acids is 2. The van der Waals surface area contributed by atoms with Crippen molar-refractivity contribution >= 4 is 17.8 Å². The first-order chi connectivity index (χ1) is 16.3. The minimum Gasteiger partial charge on any atom is -0.446 e. The van der Waals surface area contributed by atoms with Crippen molar-refractivity contribution in [3.8, 4) is 0 Å². The molecule has 186 valence electrons. The van der Waals surface area contributed by atoms with Crippen molar-refractivity contribution in [2.75, 3.05) is 11.9 Å². The summed E-state index contributed by atoms with van der Waals surface area (Å²) in [4.78, 5) is 24.7. The topological polar surface area (TPSA) is 103 Å². The molecule has 2 aromatic heterocycles. The van der Waals surface area contributed by atoms with Crippen LogP contribution < -0.4 is 10.6 Å². The summed E-state index contributed by atoms with van der Waals surface area (Å²) in [5.41, 5.74) is 0.654. The standard InChI is InChI=1S/C25H38N6O3/c1-25(2,3)31-22(28-23(32)10-13-30-12-7-11-27-30)16-21(29-31)19-14-20(15-19)34-24(33)26-17-18-8-5-4-6-9-18/h7,11-12,16,18-20H,4-6,8-10,13-15,17H2,1-3H3,(H,26,33)(H,28,32)/t19-,20+. The van der Waals surface area contributed by atoms with Gasteiger partial charge >= 0.3 is 6.09 Å². The van der Waals surface area contributed by atoms with Crippen molar-refractivity contribution in [2.45, 2.75) is 96.2 Å². The van der Waals surface area contributed by atoms with Crippen LogP contribution >= 0.6 is 0 Å². The zero-order valence-corrected chi connectivity index (χ0v) is 20.6. The lowest BCUT2D eigenvalue weighted by Gasteiger charge is -2.33. The van der Waals surface area contributed by atoms with Crippen molar-refractivity contribution in [1.82, 2.24) is 24.9 Å². The monoisotopic (exact) mass is 470 g/mol. The van der Waals surface area contributed by atoms with Gasteiger partial charge in [0.2, 0.25) is 5.91 Å². The second-order valence-corrected chi connectivity index (χ2v) is 10.7. The number of hydrogen-bond donors (Lipinski definition) is 2. The van der Waals surface area contributed by atoms with Crippen LogP contribution in [0.1, 0.15) is 83.7 Å². The summed E-state index contributed by atoms with van der Waals surface area (Å²) in [7, 11) is 0. The molecule has 0 spiro atoms. The molecule has 0 aliphatic heterocycles. The van der Waals surface area contributed by atoms with Crippen molar-refractivity contribution in [3.63, 3.8) is 0 Å². The molecule has 2 fully saturated rings. The Bertz CT molecular complexity index is 950. The number of aromatic nitrogens is 4. The minimum absolute atomic E-state index is 0.0723. The fourth-order valence-corrected chi connectivity index (χ4v) is 4.77. The SMILES string of the molecule is CC(C)(C)n1nc([C@H]2C[C@@H](OC(=O)NCC3CCCCC3)C2)cc1NC(=O)CCn1cccn1. The van der Waals surface area contributed by atoms with Crippen molar-refractivity contribution in [2.24, 2.45) is 5.92 Å². The van der Waals surface area contributed by atoms with E-state index in [0.717, 1.165) is 18.5 Å². The maximum absolute atomic E-state index is 12.5. The molecule has 2 amide bonds. The number of rotatable bonds is 8. The predicted molar refractivity (Wildman–Crippen MR) is 130 cm³/mol. The molecule has 2 aliphatic rings. The van der Waals surface area contributed by atoms with Crippen LogP contribution in [-0.2, 0) is 21.6 Å². The second-order valence-electron chi connectivity index (χ2n) is 10.7. The normalized spacial score (nSPS) is 21.0. The molecule has 0 aromatic carbocycles. The molecule has 0 bridgehead atoms. The average Bonchev–Trinajstić information content (AvgIpc) is 3.43. The van der Waals surface area contributed by atoms with E-state index in [0.29, 0.717) is 31.2 Å². The zero-order valence-electron chi connectivity index (χ0n) is 20.6. The summed E-state index contributed by atoms with van der Waals surface area (Å²) in [6.45, 7) is 7.43. The van der Waals surface area contributed by atoms with Crippen molar-refractivity contribution in [1.29, 1.82) is 0 Å². The Morgan fingerprint density at radius 1 is 1.18 bits per heavy atom. The van der Waals surface area contributed by atoms with Crippen LogP contribution in [0.2, 0.25) is 0 Å². The van der Waals surface area contributed by atoms with E-state index in [-0.39, 0.29) is 29.6 Å². The summed E-state index contributed by atoms with van der Waals surface area (Å²) in [5, 5.41) is 14.9. The van der Waals surface area contributed by atoms with Crippen LogP contribution in [0.3, 0.4) is 0 Å². The Balaban J connectivity index is 1.27. The Morgan fingerprint density at radius 3 is 2.62 bits per heavy atom. The molecule has 2 saturated carbocycles. The number of alkyl carbamates (subject to hydrolysis) is 1. The zero-order chi connectivity index (χ0) is 24.1. The Labute approximate surface area is 201 Å². The van der Waals surface area contributed by atoms with E-state index in [4.69, 9.17) is 9.84 Å². The Hall–Kier alpha value is -2.84. The van der Waals surface area contributed by atoms with E-state index >= 15 is 0 Å². The van der Waals surface area contributed by atoms with E-state index in [1.54, 1.807) is 10.9 Å². The van der Waals surface area contributed by atoms with E-state index in [1.807, 2.05) is 23.0 Å². The molecule has 2 aliphatic carbocycles. The summed E-state index contributed by atoms with van der Waals surface area (Å²) in [5.74, 6) is 1.43. The lowest BCUT2D eigenvalue weighted by atomic mass is 9.80. The molecular formula is C25H38N6O3. The van der Waals surface area contributed by atoms with Gasteiger partial charge in [0.1, 0.15) is 11.9 Å². The first-order valence-corrected chi connectivity index (χ1v) is 12.6. The highest BCUT2D eigenvalue weighted by Crippen LogP contribution is 2.39. The first-order valence-electron chi connectivity index (χ1n) is 12.6. The number of nitrogens with zero attached hydrogens (tertiary/aromatic N) is 4. The highest BCUT2D eigenvalue weighted by molar-refractivity contribution is 5.89. The van der Waals surface area contributed by atoms with Gasteiger partial charge in [-0.25, -0.2) is 9.48 Å². The van der Waals surface area contributed by atoms with E-state index in [2.05, 4.69) is 36.5 Å². The van der Waals surface area contributed by atoms with E-state index < -0.39 is 0 Å². The summed E-state index contributed by atoms with van der Waals surface area (Å²) in [6, 6.07) is 3.80. The largest absolute Gasteiger partial charge is 0.446 e. The fraction of sp³-hybridized carbons (Fsp3) is 0.680. The van der Waals surface area contributed by atoms with Crippen molar-refractivity contribution < 1.29 is 14.3 Å². The molecule has 0 unspecified atom stereocenters. The summed E-state index contributed by atoms with van der Waals surface area (Å²) in [6.07, 6.45) is 11.2. The van der Waals surface area contributed by atoms with Crippen LogP contribution in [0.15, 0.2) is 24.5 Å². The molecule has 2 N–H and O–H groups in total. The third-order valence-electron chi connectivity index (χ3n) is 6.80. The number of hydrogen-bond acceptors (Lipinski definition) is 5. The first kappa shape index (κ1) is 24.3. The number of aryl methyl sites for hydroxylation is 1. The lowest BCUT2D eigenvalue weighted by molar-refractivity contribution is -0.116. The maximum Gasteiger partial charge on any atom is 0.407 e. The van der Waals surface area contributed by atoms with Gasteiger partial charge in [0, 0.05) is 43.9 Å². The number of nitrogens with one attached hydrogen (secondary N) is 2. The average molecular weight is 471 g/mol. The van der Waals surface area contributed by atoms with Crippen LogP contribution in [-0.4, -0.2) is 44.2 Å². The van der Waals surface area contributed by atoms with Gasteiger partial charge in [-0.1, -0.05) is 19.3 Å². The molecule has 4 rings (SSSR count). The molecular weight excluding hydrogens is 432 g/mol. The summed E-state index contributed by atoms with van der Waals surface area (Å²) < 4.78 is 9.22. The maximum atomic E-state index is 12.5. The fourth-order valence-electron chi connectivity index (χ4n) is 4.77. The molecule has 9 heteroatoms. The van der Waals surface area contributed by atoms with E-state index in [1.165, 1.54) is 32.1 Å². The van der Waals surface area contributed by atoms with Crippen LogP contribution in [0.5, 0.6) is 0 Å². The van der Waals surface area contributed by atoms with Gasteiger partial charge in [0.25, 0.3) is 0 Å². The highest BCUT2D eigenvalue weighted by atomic mass is 16.6. The van der Waals surface area contributed by atoms with Crippen LogP contribution in [0, 0.1) is 5.92 Å². The molecule has 9 nitrogen and oxygen atoms in total. The van der Waals surface area contributed by atoms with Gasteiger partial charge in [-0.2, -0.15) is 10.2 Å². The highest BCUT2D eigenvalue weighted by Gasteiger charge is 2.36. The Morgan fingerprint density at radius 2 is 1.94 bits per heavy atom. The van der Waals surface area contributed by atoms with Crippen molar-refractivity contribution in [3.05, 3.63) is 30.2 Å². The van der Waals surface area contributed by atoms with Gasteiger partial charge in [-0.3, -0.25) is 9.48 Å². The molecule has 2 heterocycles. The van der Waals surface area contributed by atoms with Gasteiger partial charge in [-0.15, -0.1) is 0 Å². The summed E-state index contributed by atoms with van der Waals surface area (Å²) >= 11 is 0. The van der Waals surface area contributed by atoms with Crippen LogP contribution in [0.25, 0.3) is 0 Å². The predicted octanol–water partition coefficient (Wildman–Crippen LogP) is 4.42. The molecule has 0 radical (unpaired) electrons. The number of carbonyl (C=O) groups is 2. The van der Waals surface area contributed by atoms with Gasteiger partial charge in [0.15, 0.2) is 0 Å². The molecule has 34 heavy (non-hydrogen) atoms. The molecule has 2 aromatic rings. The van der Waals surface area contributed by atoms with E-state index in [9.17, 15) is 9.59 Å². The molecule has 0 saturated heterocycles. The quantitative estimate of drug-likeness (QED) is 0.595.